The molecule has 0 saturated heterocycles. The molecule has 0 spiro atoms. The van der Waals surface area contributed by atoms with E-state index < -0.39 is 0 Å². The largest absolute Gasteiger partial charge is 0.396 e. The van der Waals surface area contributed by atoms with Crippen LogP contribution < -0.4 is 10.6 Å². The molecule has 0 saturated carbocycles. The monoisotopic (exact) mass is 449 g/mol. The molecule has 0 aliphatic carbocycles. The molecule has 0 radical (unpaired) electrons. The van der Waals surface area contributed by atoms with Gasteiger partial charge in [0.15, 0.2) is 0 Å². The molecule has 3 aromatic rings. The second kappa shape index (κ2) is 10.9. The molecule has 1 unspecified atom stereocenters. The predicted octanol–water partition coefficient (Wildman–Crippen LogP) is 4.67. The maximum absolute atomic E-state index is 9.47. The first kappa shape index (κ1) is 22.7. The van der Waals surface area contributed by atoms with Gasteiger partial charge in [-0.1, -0.05) is 37.1 Å². The van der Waals surface area contributed by atoms with Crippen molar-refractivity contribution in [3.05, 3.63) is 29.4 Å². The fraction of sp³-hybridized carbons (Fsp3) is 0.476. The highest BCUT2D eigenvalue weighted by Crippen LogP contribution is 2.38. The number of aliphatic hydroxyl groups excluding tert-OH is 1. The number of methoxy groups -OCH3 is 1. The number of hydrogen-bond acceptors (Lipinski definition) is 8. The molecule has 0 amide bonds. The van der Waals surface area contributed by atoms with Gasteiger partial charge in [-0.15, -0.1) is 11.3 Å². The summed E-state index contributed by atoms with van der Waals surface area (Å²) in [6.45, 7) is 5.44. The Labute approximate surface area is 185 Å². The Kier molecular flexibility index (Phi) is 8.21. The quantitative estimate of drug-likeness (QED) is 0.366. The van der Waals surface area contributed by atoms with Crippen LogP contribution in [0.15, 0.2) is 24.3 Å². The number of fused-ring (bicyclic) bond motifs is 1. The van der Waals surface area contributed by atoms with Gasteiger partial charge >= 0.3 is 0 Å². The van der Waals surface area contributed by atoms with Gasteiger partial charge in [-0.25, -0.2) is 9.97 Å². The van der Waals surface area contributed by atoms with Gasteiger partial charge in [0.05, 0.1) is 21.9 Å². The summed E-state index contributed by atoms with van der Waals surface area (Å²) in [4.78, 5) is 13.8. The fourth-order valence-corrected chi connectivity index (χ4v) is 4.27. The maximum Gasteiger partial charge on any atom is 0.226 e. The summed E-state index contributed by atoms with van der Waals surface area (Å²) >= 11 is 8.17. The van der Waals surface area contributed by atoms with Crippen LogP contribution in [0.5, 0.6) is 0 Å². The number of rotatable bonds is 11. The Bertz CT molecular complexity index is 931. The molecule has 0 bridgehead atoms. The normalized spacial score (nSPS) is 13.4. The Morgan fingerprint density at radius 1 is 1.20 bits per heavy atom. The number of anilines is 2. The van der Waals surface area contributed by atoms with Crippen LogP contribution >= 0.6 is 22.9 Å². The van der Waals surface area contributed by atoms with Crippen molar-refractivity contribution in [3.8, 4) is 10.6 Å². The lowest BCUT2D eigenvalue weighted by molar-refractivity contribution is 0.128. The highest BCUT2D eigenvalue weighted by Gasteiger charge is 2.19. The average Bonchev–Trinajstić information content (AvgIpc) is 3.18. The van der Waals surface area contributed by atoms with Crippen LogP contribution in [0.25, 0.3) is 20.8 Å². The van der Waals surface area contributed by atoms with Gasteiger partial charge in [0, 0.05) is 26.8 Å². The summed E-state index contributed by atoms with van der Waals surface area (Å²) in [5.41, 5.74) is 1.61. The molecule has 1 aromatic carbocycles. The number of hydrogen-bond donors (Lipinski definition) is 3. The van der Waals surface area contributed by atoms with Crippen molar-refractivity contribution >= 4 is 44.9 Å². The number of aromatic nitrogens is 3. The van der Waals surface area contributed by atoms with Gasteiger partial charge in [-0.05, 0) is 31.4 Å². The van der Waals surface area contributed by atoms with E-state index >= 15 is 0 Å². The lowest BCUT2D eigenvalue weighted by Gasteiger charge is -2.16. The van der Waals surface area contributed by atoms with Gasteiger partial charge in [0.2, 0.25) is 5.95 Å². The highest BCUT2D eigenvalue weighted by molar-refractivity contribution is 7.21. The zero-order valence-corrected chi connectivity index (χ0v) is 19.1. The zero-order valence-electron chi connectivity index (χ0n) is 17.5. The van der Waals surface area contributed by atoms with Crippen LogP contribution in [0.2, 0.25) is 5.15 Å². The minimum Gasteiger partial charge on any atom is -0.396 e. The molecule has 30 heavy (non-hydrogen) atoms. The number of nitrogens with one attached hydrogen (secondary N) is 2. The summed E-state index contributed by atoms with van der Waals surface area (Å²) in [5, 5.41) is 17.1. The third-order valence-corrected chi connectivity index (χ3v) is 6.33. The molecule has 2 atom stereocenters. The Hall–Kier alpha value is -2.00. The first-order chi connectivity index (χ1) is 14.5. The fourth-order valence-electron chi connectivity index (χ4n) is 2.95. The molecular weight excluding hydrogens is 422 g/mol. The van der Waals surface area contributed by atoms with E-state index in [0.717, 1.165) is 28.1 Å². The molecule has 0 aliphatic heterocycles. The van der Waals surface area contributed by atoms with E-state index in [4.69, 9.17) is 21.3 Å². The van der Waals surface area contributed by atoms with E-state index in [0.29, 0.717) is 35.6 Å². The van der Waals surface area contributed by atoms with Crippen LogP contribution in [0.1, 0.15) is 26.7 Å². The van der Waals surface area contributed by atoms with E-state index in [1.54, 1.807) is 18.4 Å². The first-order valence-corrected chi connectivity index (χ1v) is 11.3. The topological polar surface area (TPSA) is 92.2 Å². The number of para-hydroxylation sites is 1. The second-order valence-corrected chi connectivity index (χ2v) is 8.54. The van der Waals surface area contributed by atoms with E-state index in [1.165, 1.54) is 0 Å². The van der Waals surface area contributed by atoms with Crippen LogP contribution in [-0.2, 0) is 4.74 Å². The molecule has 2 heterocycles. The van der Waals surface area contributed by atoms with Crippen molar-refractivity contribution in [2.45, 2.75) is 32.8 Å². The standard InChI is InChI=1S/C21H28ClN5O2S/c1-4-14(12-28)9-10-23-19-17(20-25-15-7-5-6-8-16(15)30-20)18(22)26-21(27-19)24-11-13(2)29-3/h5-8,13-14,28H,4,9-12H2,1-3H3,(H2,23,24,26,27)/t13?,14-/m0/s1. The molecular formula is C21H28ClN5O2S. The zero-order chi connectivity index (χ0) is 21.5. The Balaban J connectivity index is 1.92. The highest BCUT2D eigenvalue weighted by atomic mass is 35.5. The van der Waals surface area contributed by atoms with Gasteiger partial charge < -0.3 is 20.5 Å². The predicted molar refractivity (Wildman–Crippen MR) is 125 cm³/mol. The van der Waals surface area contributed by atoms with Crippen molar-refractivity contribution in [1.29, 1.82) is 0 Å². The third kappa shape index (κ3) is 5.57. The Morgan fingerprint density at radius 2 is 2.00 bits per heavy atom. The lowest BCUT2D eigenvalue weighted by Crippen LogP contribution is -2.20. The average molecular weight is 450 g/mol. The Morgan fingerprint density at radius 3 is 2.70 bits per heavy atom. The maximum atomic E-state index is 9.47. The number of thiazole rings is 1. The lowest BCUT2D eigenvalue weighted by atomic mass is 10.0. The molecule has 0 fully saturated rings. The molecule has 9 heteroatoms. The third-order valence-electron chi connectivity index (χ3n) is 5.00. The van der Waals surface area contributed by atoms with E-state index in [2.05, 4.69) is 27.5 Å². The molecule has 162 valence electrons. The summed E-state index contributed by atoms with van der Waals surface area (Å²) in [6, 6.07) is 7.97. The van der Waals surface area contributed by atoms with Crippen molar-refractivity contribution in [1.82, 2.24) is 15.0 Å². The van der Waals surface area contributed by atoms with Crippen LogP contribution in [0.3, 0.4) is 0 Å². The minimum atomic E-state index is 0.0163. The number of halogens is 1. The van der Waals surface area contributed by atoms with Gasteiger partial charge in [0.1, 0.15) is 16.0 Å². The van der Waals surface area contributed by atoms with Gasteiger partial charge in [-0.2, -0.15) is 4.98 Å². The molecule has 3 N–H and O–H groups in total. The SMILES string of the molecule is CC[C@H](CO)CCNc1nc(NCC(C)OC)nc(Cl)c1-c1nc2ccccc2s1. The minimum absolute atomic E-state index is 0.0163. The molecule has 2 aromatic heterocycles. The number of aliphatic hydroxyl groups is 1. The first-order valence-electron chi connectivity index (χ1n) is 10.1. The van der Waals surface area contributed by atoms with Crippen LogP contribution in [-0.4, -0.2) is 53.0 Å². The summed E-state index contributed by atoms with van der Waals surface area (Å²) in [7, 11) is 1.66. The molecule has 3 rings (SSSR count). The van der Waals surface area contributed by atoms with Crippen molar-refractivity contribution in [2.75, 3.05) is 37.4 Å². The van der Waals surface area contributed by atoms with E-state index in [9.17, 15) is 5.11 Å². The van der Waals surface area contributed by atoms with Crippen molar-refractivity contribution in [3.63, 3.8) is 0 Å². The van der Waals surface area contributed by atoms with Gasteiger partial charge in [-0.3, -0.25) is 0 Å². The number of ether oxygens (including phenoxy) is 1. The summed E-state index contributed by atoms with van der Waals surface area (Å²) < 4.78 is 6.36. The second-order valence-electron chi connectivity index (χ2n) is 7.15. The molecule has 7 nitrogen and oxygen atoms in total. The summed E-state index contributed by atoms with van der Waals surface area (Å²) in [5.74, 6) is 1.32. The van der Waals surface area contributed by atoms with Crippen LogP contribution in [0.4, 0.5) is 11.8 Å². The number of nitrogens with zero attached hydrogens (tertiary/aromatic N) is 3. The van der Waals surface area contributed by atoms with Gasteiger partial charge in [0.25, 0.3) is 0 Å². The van der Waals surface area contributed by atoms with Crippen LogP contribution in [0, 0.1) is 5.92 Å². The van der Waals surface area contributed by atoms with Crippen molar-refractivity contribution < 1.29 is 9.84 Å². The summed E-state index contributed by atoms with van der Waals surface area (Å²) in [6.07, 6.45) is 1.77. The van der Waals surface area contributed by atoms with E-state index in [1.807, 2.05) is 31.2 Å². The molecule has 0 aliphatic rings. The van der Waals surface area contributed by atoms with E-state index in [-0.39, 0.29) is 18.6 Å². The number of benzene rings is 1. The smallest absolute Gasteiger partial charge is 0.226 e. The van der Waals surface area contributed by atoms with Crippen molar-refractivity contribution in [2.24, 2.45) is 5.92 Å².